The highest BCUT2D eigenvalue weighted by Gasteiger charge is 2.20. The highest BCUT2D eigenvalue weighted by Crippen LogP contribution is 2.21. The normalized spacial score (nSPS) is 12.5. The molecule has 0 aliphatic rings. The molecule has 5 nitrogen and oxygen atoms in total. The van der Waals surface area contributed by atoms with Gasteiger partial charge in [-0.25, -0.2) is 4.79 Å². The van der Waals surface area contributed by atoms with Crippen molar-refractivity contribution in [3.63, 3.8) is 0 Å². The minimum atomic E-state index is -0.183. The first-order valence-corrected chi connectivity index (χ1v) is 8.47. The smallest absolute Gasteiger partial charge is 0.329 e. The first kappa shape index (κ1) is 17.0. The molecule has 0 saturated heterocycles. The average molecular weight is 337 g/mol. The molecule has 1 aromatic heterocycles. The number of rotatable bonds is 5. The molecule has 0 bridgehead atoms. The third-order valence-corrected chi connectivity index (χ3v) is 4.50. The molecule has 3 rings (SSSR count). The van der Waals surface area contributed by atoms with Crippen molar-refractivity contribution in [2.75, 3.05) is 0 Å². The van der Waals surface area contributed by atoms with Crippen LogP contribution in [0.2, 0.25) is 0 Å². The topological polar surface area (TPSA) is 56.0 Å². The molecule has 0 spiro atoms. The van der Waals surface area contributed by atoms with Crippen LogP contribution in [0, 0.1) is 5.92 Å². The number of hydrogen-bond acceptors (Lipinski definition) is 2. The summed E-state index contributed by atoms with van der Waals surface area (Å²) in [4.78, 5) is 25.1. The van der Waals surface area contributed by atoms with Gasteiger partial charge in [0, 0.05) is 7.05 Å². The summed E-state index contributed by atoms with van der Waals surface area (Å²) in [6, 6.07) is 17.3. The lowest BCUT2D eigenvalue weighted by atomic mass is 9.96. The van der Waals surface area contributed by atoms with Gasteiger partial charge in [-0.15, -0.1) is 0 Å². The standard InChI is InChI=1S/C20H23N3O2/c1-14(2)19(15-9-5-4-6-10-15)21-18(24)13-23-17-12-8-7-11-16(17)22(3)20(23)25/h4-12,14,19H,13H2,1-3H3,(H,21,24)/t19-/m0/s1. The number of hydrogen-bond donors (Lipinski definition) is 1. The molecule has 1 atom stereocenters. The van der Waals surface area contributed by atoms with Crippen LogP contribution in [0.15, 0.2) is 59.4 Å². The van der Waals surface area contributed by atoms with E-state index in [1.165, 1.54) is 4.57 Å². The minimum Gasteiger partial charge on any atom is -0.347 e. The number of amides is 1. The van der Waals surface area contributed by atoms with Crippen molar-refractivity contribution in [1.82, 2.24) is 14.5 Å². The third kappa shape index (κ3) is 3.36. The van der Waals surface area contributed by atoms with Gasteiger partial charge in [-0.3, -0.25) is 13.9 Å². The average Bonchev–Trinajstić information content (AvgIpc) is 2.85. The molecule has 1 heterocycles. The molecular formula is C20H23N3O2. The quantitative estimate of drug-likeness (QED) is 0.778. The Morgan fingerprint density at radius 2 is 1.60 bits per heavy atom. The predicted molar refractivity (Wildman–Crippen MR) is 99.3 cm³/mol. The highest BCUT2D eigenvalue weighted by molar-refractivity contribution is 5.81. The zero-order valence-electron chi connectivity index (χ0n) is 14.8. The molecule has 0 unspecified atom stereocenters. The van der Waals surface area contributed by atoms with E-state index < -0.39 is 0 Å². The van der Waals surface area contributed by atoms with Gasteiger partial charge >= 0.3 is 5.69 Å². The Balaban J connectivity index is 1.85. The number of carbonyl (C=O) groups is 1. The molecule has 0 aliphatic carbocycles. The number of aromatic nitrogens is 2. The zero-order valence-corrected chi connectivity index (χ0v) is 14.8. The van der Waals surface area contributed by atoms with E-state index >= 15 is 0 Å². The van der Waals surface area contributed by atoms with Gasteiger partial charge in [0.1, 0.15) is 6.54 Å². The fourth-order valence-corrected chi connectivity index (χ4v) is 3.17. The maximum atomic E-state index is 12.6. The summed E-state index contributed by atoms with van der Waals surface area (Å²) in [7, 11) is 1.72. The molecule has 2 aromatic carbocycles. The summed E-state index contributed by atoms with van der Waals surface area (Å²) in [6.07, 6.45) is 0. The maximum absolute atomic E-state index is 12.6. The Morgan fingerprint density at radius 3 is 2.24 bits per heavy atom. The van der Waals surface area contributed by atoms with Crippen LogP contribution in [0.25, 0.3) is 11.0 Å². The fraction of sp³-hybridized carbons (Fsp3) is 0.300. The molecule has 0 aliphatic heterocycles. The monoisotopic (exact) mass is 337 g/mol. The van der Waals surface area contributed by atoms with Gasteiger partial charge in [0.25, 0.3) is 0 Å². The van der Waals surface area contributed by atoms with Crippen molar-refractivity contribution in [1.29, 1.82) is 0 Å². The van der Waals surface area contributed by atoms with Crippen LogP contribution in [0.4, 0.5) is 0 Å². The molecule has 0 radical (unpaired) electrons. The lowest BCUT2D eigenvalue weighted by molar-refractivity contribution is -0.122. The van der Waals surface area contributed by atoms with Gasteiger partial charge in [0.2, 0.25) is 5.91 Å². The van der Waals surface area contributed by atoms with E-state index in [1.807, 2.05) is 54.6 Å². The van der Waals surface area contributed by atoms with Crippen molar-refractivity contribution in [2.24, 2.45) is 13.0 Å². The minimum absolute atomic E-state index is 0.0102. The molecule has 130 valence electrons. The number of nitrogens with zero attached hydrogens (tertiary/aromatic N) is 2. The summed E-state index contributed by atoms with van der Waals surface area (Å²) >= 11 is 0. The second-order valence-corrected chi connectivity index (χ2v) is 6.62. The summed E-state index contributed by atoms with van der Waals surface area (Å²) in [5.74, 6) is 0.0802. The fourth-order valence-electron chi connectivity index (χ4n) is 3.17. The van der Waals surface area contributed by atoms with Gasteiger partial charge in [-0.05, 0) is 23.6 Å². The summed E-state index contributed by atoms with van der Waals surface area (Å²) in [5, 5.41) is 3.07. The Labute approximate surface area is 146 Å². The number of aryl methyl sites for hydroxylation is 1. The van der Waals surface area contributed by atoms with Gasteiger partial charge in [0.05, 0.1) is 17.1 Å². The number of para-hydroxylation sites is 2. The Hall–Kier alpha value is -2.82. The van der Waals surface area contributed by atoms with Gasteiger partial charge in [-0.2, -0.15) is 0 Å². The van der Waals surface area contributed by atoms with E-state index in [1.54, 1.807) is 11.6 Å². The van der Waals surface area contributed by atoms with Crippen LogP contribution in [0.3, 0.4) is 0 Å². The van der Waals surface area contributed by atoms with Gasteiger partial charge in [-0.1, -0.05) is 56.3 Å². The molecule has 1 N–H and O–H groups in total. The van der Waals surface area contributed by atoms with E-state index in [-0.39, 0.29) is 30.1 Å². The van der Waals surface area contributed by atoms with Crippen molar-refractivity contribution >= 4 is 16.9 Å². The number of nitrogens with one attached hydrogen (secondary N) is 1. The van der Waals surface area contributed by atoms with Crippen molar-refractivity contribution in [3.05, 3.63) is 70.6 Å². The number of benzene rings is 2. The van der Waals surface area contributed by atoms with Gasteiger partial charge in [0.15, 0.2) is 0 Å². The molecule has 0 saturated carbocycles. The van der Waals surface area contributed by atoms with E-state index in [0.29, 0.717) is 0 Å². The first-order valence-electron chi connectivity index (χ1n) is 8.47. The molecule has 0 fully saturated rings. The van der Waals surface area contributed by atoms with Crippen LogP contribution in [0.5, 0.6) is 0 Å². The zero-order chi connectivity index (χ0) is 18.0. The summed E-state index contributed by atoms with van der Waals surface area (Å²) < 4.78 is 3.09. The second-order valence-electron chi connectivity index (χ2n) is 6.62. The number of carbonyl (C=O) groups excluding carboxylic acids is 1. The lowest BCUT2D eigenvalue weighted by Crippen LogP contribution is -2.36. The molecular weight excluding hydrogens is 314 g/mol. The van der Waals surface area contributed by atoms with E-state index in [4.69, 9.17) is 0 Å². The lowest BCUT2D eigenvalue weighted by Gasteiger charge is -2.23. The highest BCUT2D eigenvalue weighted by atomic mass is 16.2. The number of imidazole rings is 1. The van der Waals surface area contributed by atoms with E-state index in [2.05, 4.69) is 19.2 Å². The molecule has 1 amide bonds. The van der Waals surface area contributed by atoms with E-state index in [9.17, 15) is 9.59 Å². The Kier molecular flexibility index (Phi) is 4.74. The molecule has 25 heavy (non-hydrogen) atoms. The van der Waals surface area contributed by atoms with Crippen molar-refractivity contribution in [2.45, 2.75) is 26.4 Å². The summed E-state index contributed by atoms with van der Waals surface area (Å²) in [6.45, 7) is 4.15. The largest absolute Gasteiger partial charge is 0.347 e. The third-order valence-electron chi connectivity index (χ3n) is 4.50. The maximum Gasteiger partial charge on any atom is 0.329 e. The Bertz CT molecular complexity index is 938. The van der Waals surface area contributed by atoms with E-state index in [0.717, 1.165) is 16.6 Å². The molecule has 5 heteroatoms. The van der Waals surface area contributed by atoms with Crippen molar-refractivity contribution < 1.29 is 4.79 Å². The van der Waals surface area contributed by atoms with Crippen LogP contribution >= 0.6 is 0 Å². The van der Waals surface area contributed by atoms with Crippen LogP contribution < -0.4 is 11.0 Å². The van der Waals surface area contributed by atoms with Crippen molar-refractivity contribution in [3.8, 4) is 0 Å². The second kappa shape index (κ2) is 6.97. The van der Waals surface area contributed by atoms with Crippen LogP contribution in [-0.2, 0) is 18.4 Å². The molecule has 3 aromatic rings. The summed E-state index contributed by atoms with van der Waals surface area (Å²) in [5.41, 5.74) is 2.48. The van der Waals surface area contributed by atoms with Crippen LogP contribution in [-0.4, -0.2) is 15.0 Å². The number of fused-ring (bicyclic) bond motifs is 1. The van der Waals surface area contributed by atoms with Gasteiger partial charge < -0.3 is 5.32 Å². The first-order chi connectivity index (χ1) is 12.0. The predicted octanol–water partition coefficient (Wildman–Crippen LogP) is 2.85. The SMILES string of the molecule is CC(C)[C@H](NC(=O)Cn1c(=O)n(C)c2ccccc21)c1ccccc1. The van der Waals surface area contributed by atoms with Crippen LogP contribution in [0.1, 0.15) is 25.5 Å². The Morgan fingerprint density at radius 1 is 1.00 bits per heavy atom.